The van der Waals surface area contributed by atoms with E-state index in [2.05, 4.69) is 35.2 Å². The van der Waals surface area contributed by atoms with Gasteiger partial charge in [0.05, 0.1) is 11.7 Å². The minimum absolute atomic E-state index is 0.00935. The first kappa shape index (κ1) is 12.5. The monoisotopic (exact) mass is 242 g/mol. The molecule has 0 radical (unpaired) electrons. The van der Waals surface area contributed by atoms with Gasteiger partial charge in [-0.1, -0.05) is 13.0 Å². The van der Waals surface area contributed by atoms with Crippen molar-refractivity contribution >= 4 is 5.69 Å². The molecule has 2 rings (SSSR count). The molecule has 2 heterocycles. The van der Waals surface area contributed by atoms with Crippen molar-refractivity contribution in [2.45, 2.75) is 19.9 Å². The van der Waals surface area contributed by atoms with Crippen LogP contribution in [0.4, 0.5) is 5.69 Å². The van der Waals surface area contributed by atoms with Gasteiger partial charge in [0.25, 0.3) is 0 Å². The second-order valence-electron chi connectivity index (χ2n) is 4.20. The number of nitrogens with zero attached hydrogens (tertiary/aromatic N) is 2. The number of nitrogens with two attached hydrogens (primary N) is 1. The Labute approximate surface area is 107 Å². The van der Waals surface area contributed by atoms with Crippen LogP contribution in [-0.4, -0.2) is 16.5 Å². The average molecular weight is 242 g/mol. The third-order valence-corrected chi connectivity index (χ3v) is 2.93. The Bertz CT molecular complexity index is 479. The number of hydrogen-bond acceptors (Lipinski definition) is 4. The van der Waals surface area contributed by atoms with Crippen molar-refractivity contribution < 1.29 is 0 Å². The van der Waals surface area contributed by atoms with Gasteiger partial charge in [0.2, 0.25) is 0 Å². The van der Waals surface area contributed by atoms with E-state index in [1.54, 1.807) is 18.6 Å². The van der Waals surface area contributed by atoms with Gasteiger partial charge in [-0.2, -0.15) is 0 Å². The highest BCUT2D eigenvalue weighted by Gasteiger charge is 2.18. The van der Waals surface area contributed by atoms with Crippen molar-refractivity contribution in [2.75, 3.05) is 12.3 Å². The molecule has 1 atom stereocenters. The van der Waals surface area contributed by atoms with Gasteiger partial charge >= 0.3 is 0 Å². The highest BCUT2D eigenvalue weighted by molar-refractivity contribution is 5.49. The topological polar surface area (TPSA) is 63.8 Å². The molecular weight excluding hydrogens is 224 g/mol. The summed E-state index contributed by atoms with van der Waals surface area (Å²) < 4.78 is 0. The molecule has 0 aromatic carbocycles. The first-order valence-electron chi connectivity index (χ1n) is 6.08. The van der Waals surface area contributed by atoms with Crippen LogP contribution >= 0.6 is 0 Å². The first-order chi connectivity index (χ1) is 8.74. The molecule has 0 spiro atoms. The Kier molecular flexibility index (Phi) is 3.89. The van der Waals surface area contributed by atoms with Crippen molar-refractivity contribution in [2.24, 2.45) is 0 Å². The van der Waals surface area contributed by atoms with Crippen LogP contribution in [0.15, 0.2) is 36.8 Å². The van der Waals surface area contributed by atoms with Gasteiger partial charge in [-0.05, 0) is 31.2 Å². The summed E-state index contributed by atoms with van der Waals surface area (Å²) in [5.41, 5.74) is 9.89. The molecular formula is C14H18N4. The van der Waals surface area contributed by atoms with Gasteiger partial charge in [0.15, 0.2) is 0 Å². The van der Waals surface area contributed by atoms with Crippen LogP contribution in [0.2, 0.25) is 0 Å². The molecule has 94 valence electrons. The third-order valence-electron chi connectivity index (χ3n) is 2.93. The third kappa shape index (κ3) is 2.49. The summed E-state index contributed by atoms with van der Waals surface area (Å²) >= 11 is 0. The smallest absolute Gasteiger partial charge is 0.0789 e. The molecule has 0 saturated heterocycles. The van der Waals surface area contributed by atoms with E-state index in [1.165, 1.54) is 0 Å². The fraction of sp³-hybridized carbons (Fsp3) is 0.286. The van der Waals surface area contributed by atoms with E-state index in [-0.39, 0.29) is 6.04 Å². The molecule has 0 aliphatic rings. The minimum Gasteiger partial charge on any atom is -0.398 e. The van der Waals surface area contributed by atoms with Gasteiger partial charge in [0, 0.05) is 29.8 Å². The zero-order chi connectivity index (χ0) is 13.0. The number of nitrogens with one attached hydrogen (secondary N) is 1. The Morgan fingerprint density at radius 2 is 2.17 bits per heavy atom. The van der Waals surface area contributed by atoms with Crippen LogP contribution in [0.1, 0.15) is 29.8 Å². The average Bonchev–Trinajstić information content (AvgIpc) is 2.38. The number of nitrogen functional groups attached to an aromatic ring is 1. The van der Waals surface area contributed by atoms with Crippen LogP contribution in [0.25, 0.3) is 0 Å². The molecule has 0 amide bonds. The number of anilines is 1. The van der Waals surface area contributed by atoms with Crippen LogP contribution in [0.5, 0.6) is 0 Å². The summed E-state index contributed by atoms with van der Waals surface area (Å²) in [4.78, 5) is 8.62. The van der Waals surface area contributed by atoms with Crippen molar-refractivity contribution in [3.05, 3.63) is 53.6 Å². The van der Waals surface area contributed by atoms with Crippen LogP contribution in [0, 0.1) is 6.92 Å². The molecule has 4 heteroatoms. The quantitative estimate of drug-likeness (QED) is 0.861. The minimum atomic E-state index is -0.00935. The summed E-state index contributed by atoms with van der Waals surface area (Å²) in [6, 6.07) is 5.80. The standard InChI is InChI=1S/C14H18N4/c1-3-17-14(11-9-16-8-6-12(11)15)13-10(2)5-4-7-18-13/h4-9,14,17H,3H2,1-2H3,(H2,15,16). The molecule has 0 fully saturated rings. The molecule has 2 aromatic heterocycles. The highest BCUT2D eigenvalue weighted by Crippen LogP contribution is 2.26. The second-order valence-corrected chi connectivity index (χ2v) is 4.20. The van der Waals surface area contributed by atoms with E-state index in [9.17, 15) is 0 Å². The second kappa shape index (κ2) is 5.60. The summed E-state index contributed by atoms with van der Waals surface area (Å²) in [5, 5.41) is 3.41. The van der Waals surface area contributed by atoms with Gasteiger partial charge in [-0.25, -0.2) is 0 Å². The molecule has 0 aliphatic carbocycles. The normalized spacial score (nSPS) is 12.3. The highest BCUT2D eigenvalue weighted by atomic mass is 14.9. The molecule has 1 unspecified atom stereocenters. The zero-order valence-corrected chi connectivity index (χ0v) is 10.7. The number of rotatable bonds is 4. The van der Waals surface area contributed by atoms with Crippen molar-refractivity contribution in [3.8, 4) is 0 Å². The summed E-state index contributed by atoms with van der Waals surface area (Å²) in [7, 11) is 0. The van der Waals surface area contributed by atoms with E-state index in [1.807, 2.05) is 12.1 Å². The van der Waals surface area contributed by atoms with Gasteiger partial charge in [-0.15, -0.1) is 0 Å². The molecule has 18 heavy (non-hydrogen) atoms. The SMILES string of the molecule is CCNC(c1cnccc1N)c1ncccc1C. The van der Waals surface area contributed by atoms with E-state index in [0.29, 0.717) is 0 Å². The number of aryl methyl sites for hydroxylation is 1. The lowest BCUT2D eigenvalue weighted by atomic mass is 10.00. The molecule has 2 aromatic rings. The maximum atomic E-state index is 6.03. The predicted octanol–water partition coefficient (Wildman–Crippen LogP) is 2.07. The Hall–Kier alpha value is -1.94. The maximum Gasteiger partial charge on any atom is 0.0789 e. The van der Waals surface area contributed by atoms with Crippen molar-refractivity contribution in [1.82, 2.24) is 15.3 Å². The Morgan fingerprint density at radius 1 is 1.33 bits per heavy atom. The van der Waals surface area contributed by atoms with Crippen molar-refractivity contribution in [1.29, 1.82) is 0 Å². The lowest BCUT2D eigenvalue weighted by Crippen LogP contribution is -2.24. The number of pyridine rings is 2. The van der Waals surface area contributed by atoms with Crippen LogP contribution < -0.4 is 11.1 Å². The van der Waals surface area contributed by atoms with Gasteiger partial charge in [0.1, 0.15) is 0 Å². The van der Waals surface area contributed by atoms with E-state index < -0.39 is 0 Å². The Balaban J connectivity index is 2.47. The summed E-state index contributed by atoms with van der Waals surface area (Å²) in [5.74, 6) is 0. The zero-order valence-electron chi connectivity index (χ0n) is 10.7. The molecule has 0 aliphatic heterocycles. The molecule has 4 nitrogen and oxygen atoms in total. The van der Waals surface area contributed by atoms with Crippen LogP contribution in [0.3, 0.4) is 0 Å². The largest absolute Gasteiger partial charge is 0.398 e. The first-order valence-corrected chi connectivity index (χ1v) is 6.08. The van der Waals surface area contributed by atoms with E-state index >= 15 is 0 Å². The molecule has 0 bridgehead atoms. The predicted molar refractivity (Wildman–Crippen MR) is 73.1 cm³/mol. The van der Waals surface area contributed by atoms with Crippen LogP contribution in [-0.2, 0) is 0 Å². The van der Waals surface area contributed by atoms with Gasteiger partial charge in [-0.3, -0.25) is 9.97 Å². The summed E-state index contributed by atoms with van der Waals surface area (Å²) in [6.45, 7) is 4.96. The number of hydrogen-bond donors (Lipinski definition) is 2. The van der Waals surface area contributed by atoms with Crippen molar-refractivity contribution in [3.63, 3.8) is 0 Å². The molecule has 0 saturated carbocycles. The lowest BCUT2D eigenvalue weighted by molar-refractivity contribution is 0.611. The van der Waals surface area contributed by atoms with Gasteiger partial charge < -0.3 is 11.1 Å². The summed E-state index contributed by atoms with van der Waals surface area (Å²) in [6.07, 6.45) is 5.31. The molecule has 3 N–H and O–H groups in total. The Morgan fingerprint density at radius 3 is 2.83 bits per heavy atom. The van der Waals surface area contributed by atoms with E-state index in [0.717, 1.165) is 29.1 Å². The fourth-order valence-corrected chi connectivity index (χ4v) is 2.02. The fourth-order valence-electron chi connectivity index (χ4n) is 2.02. The number of aromatic nitrogens is 2. The lowest BCUT2D eigenvalue weighted by Gasteiger charge is -2.20. The van der Waals surface area contributed by atoms with E-state index in [4.69, 9.17) is 5.73 Å². The maximum absolute atomic E-state index is 6.03.